The molecule has 0 aliphatic carbocycles. The second kappa shape index (κ2) is 6.69. The molecule has 0 aliphatic heterocycles. The van der Waals surface area contributed by atoms with Crippen molar-refractivity contribution in [1.82, 2.24) is 15.2 Å². The Morgan fingerprint density at radius 3 is 2.90 bits per heavy atom. The predicted molar refractivity (Wildman–Crippen MR) is 85.6 cm³/mol. The molecule has 0 unspecified atom stereocenters. The highest BCUT2D eigenvalue weighted by Crippen LogP contribution is 2.21. The van der Waals surface area contributed by atoms with E-state index in [1.165, 1.54) is 17.8 Å². The molecule has 0 fully saturated rings. The van der Waals surface area contributed by atoms with Crippen LogP contribution in [0.4, 0.5) is 4.39 Å². The number of H-pyrrole nitrogens is 1. The third-order valence-corrected chi connectivity index (χ3v) is 4.48. The Morgan fingerprint density at radius 2 is 2.10 bits per heavy atom. The van der Waals surface area contributed by atoms with Crippen molar-refractivity contribution in [3.63, 3.8) is 0 Å². The van der Waals surface area contributed by atoms with Crippen molar-refractivity contribution in [2.24, 2.45) is 0 Å². The van der Waals surface area contributed by atoms with Crippen LogP contribution in [0.2, 0.25) is 0 Å². The molecule has 0 aliphatic rings. The first kappa shape index (κ1) is 14.0. The average molecular weight is 317 g/mol. The second-order valence-corrected chi connectivity index (χ2v) is 6.15. The van der Waals surface area contributed by atoms with E-state index < -0.39 is 0 Å². The molecule has 0 bridgehead atoms. The first-order chi connectivity index (χ1) is 10.3. The molecule has 2 heterocycles. The van der Waals surface area contributed by atoms with Gasteiger partial charge in [-0.1, -0.05) is 36.0 Å². The highest BCUT2D eigenvalue weighted by Gasteiger charge is 2.05. The molecular formula is C15H12FN3S2. The van der Waals surface area contributed by atoms with Gasteiger partial charge in [-0.05, 0) is 35.2 Å². The molecule has 0 saturated carbocycles. The quantitative estimate of drug-likeness (QED) is 0.706. The fraction of sp³-hybridized carbons (Fsp3) is 0.0667. The molecule has 0 radical (unpaired) electrons. The van der Waals surface area contributed by atoms with E-state index >= 15 is 0 Å². The SMILES string of the molecule is Fc1ccccc1CSc1n[nH]c(C=Cc2cccs2)n1. The number of nitrogens with one attached hydrogen (secondary N) is 1. The zero-order chi connectivity index (χ0) is 14.5. The maximum Gasteiger partial charge on any atom is 0.209 e. The lowest BCUT2D eigenvalue weighted by Crippen LogP contribution is -1.87. The van der Waals surface area contributed by atoms with Crippen LogP contribution in [-0.4, -0.2) is 15.2 Å². The summed E-state index contributed by atoms with van der Waals surface area (Å²) in [6.45, 7) is 0. The van der Waals surface area contributed by atoms with E-state index in [0.29, 0.717) is 22.3 Å². The summed E-state index contributed by atoms with van der Waals surface area (Å²) in [6.07, 6.45) is 3.86. The van der Waals surface area contributed by atoms with Crippen molar-refractivity contribution in [2.45, 2.75) is 10.9 Å². The monoisotopic (exact) mass is 317 g/mol. The number of rotatable bonds is 5. The number of thioether (sulfide) groups is 1. The van der Waals surface area contributed by atoms with Gasteiger partial charge in [0, 0.05) is 10.6 Å². The topological polar surface area (TPSA) is 41.6 Å². The molecule has 0 saturated heterocycles. The zero-order valence-corrected chi connectivity index (χ0v) is 12.6. The van der Waals surface area contributed by atoms with Gasteiger partial charge < -0.3 is 0 Å². The molecule has 0 amide bonds. The minimum Gasteiger partial charge on any atom is -0.259 e. The maximum atomic E-state index is 13.5. The molecule has 0 atom stereocenters. The lowest BCUT2D eigenvalue weighted by Gasteiger charge is -1.99. The fourth-order valence-corrected chi connectivity index (χ4v) is 3.11. The maximum absolute atomic E-state index is 13.5. The van der Waals surface area contributed by atoms with Gasteiger partial charge in [0.25, 0.3) is 0 Å². The van der Waals surface area contributed by atoms with Gasteiger partial charge in [0.2, 0.25) is 5.16 Å². The van der Waals surface area contributed by atoms with Crippen LogP contribution in [0.25, 0.3) is 12.2 Å². The van der Waals surface area contributed by atoms with E-state index in [0.717, 1.165) is 4.88 Å². The molecule has 6 heteroatoms. The smallest absolute Gasteiger partial charge is 0.209 e. The summed E-state index contributed by atoms with van der Waals surface area (Å²) in [5, 5.41) is 9.62. The Labute approximate surface area is 129 Å². The van der Waals surface area contributed by atoms with Gasteiger partial charge in [0.05, 0.1) is 0 Å². The van der Waals surface area contributed by atoms with Gasteiger partial charge in [0.15, 0.2) is 0 Å². The molecule has 3 rings (SSSR count). The van der Waals surface area contributed by atoms with Gasteiger partial charge in [-0.2, -0.15) is 0 Å². The minimum atomic E-state index is -0.196. The number of hydrogen-bond donors (Lipinski definition) is 1. The van der Waals surface area contributed by atoms with Gasteiger partial charge in [-0.15, -0.1) is 16.4 Å². The molecule has 3 aromatic rings. The van der Waals surface area contributed by atoms with Crippen LogP contribution in [-0.2, 0) is 5.75 Å². The lowest BCUT2D eigenvalue weighted by molar-refractivity contribution is 0.617. The van der Waals surface area contributed by atoms with E-state index in [9.17, 15) is 4.39 Å². The van der Waals surface area contributed by atoms with Crippen molar-refractivity contribution in [1.29, 1.82) is 0 Å². The molecule has 1 N–H and O–H groups in total. The van der Waals surface area contributed by atoms with Crippen LogP contribution >= 0.6 is 23.1 Å². The number of thiophene rings is 1. The summed E-state index contributed by atoms with van der Waals surface area (Å²) in [5.74, 6) is 1.01. The second-order valence-electron chi connectivity index (χ2n) is 4.23. The minimum absolute atomic E-state index is 0.196. The number of benzene rings is 1. The summed E-state index contributed by atoms with van der Waals surface area (Å²) >= 11 is 3.07. The van der Waals surface area contributed by atoms with Crippen molar-refractivity contribution < 1.29 is 4.39 Å². The van der Waals surface area contributed by atoms with E-state index in [2.05, 4.69) is 15.2 Å². The van der Waals surface area contributed by atoms with Crippen molar-refractivity contribution >= 4 is 35.3 Å². The van der Waals surface area contributed by atoms with Crippen LogP contribution in [0.15, 0.2) is 46.9 Å². The van der Waals surface area contributed by atoms with E-state index in [4.69, 9.17) is 0 Å². The Morgan fingerprint density at radius 1 is 1.19 bits per heavy atom. The number of nitrogens with zero attached hydrogens (tertiary/aromatic N) is 2. The van der Waals surface area contributed by atoms with Gasteiger partial charge in [0.1, 0.15) is 11.6 Å². The molecular weight excluding hydrogens is 305 g/mol. The van der Waals surface area contributed by atoms with Crippen molar-refractivity contribution in [3.05, 3.63) is 63.9 Å². The Hall–Kier alpha value is -1.92. The van der Waals surface area contributed by atoms with E-state index in [1.807, 2.05) is 35.7 Å². The summed E-state index contributed by atoms with van der Waals surface area (Å²) in [4.78, 5) is 5.51. The summed E-state index contributed by atoms with van der Waals surface area (Å²) < 4.78 is 13.5. The molecule has 21 heavy (non-hydrogen) atoms. The summed E-state index contributed by atoms with van der Waals surface area (Å²) in [6, 6.07) is 10.8. The molecule has 3 nitrogen and oxygen atoms in total. The Bertz CT molecular complexity index is 735. The largest absolute Gasteiger partial charge is 0.259 e. The lowest BCUT2D eigenvalue weighted by atomic mass is 10.2. The van der Waals surface area contributed by atoms with Crippen molar-refractivity contribution in [2.75, 3.05) is 0 Å². The first-order valence-corrected chi connectivity index (χ1v) is 8.18. The normalized spacial score (nSPS) is 11.3. The zero-order valence-electron chi connectivity index (χ0n) is 11.0. The van der Waals surface area contributed by atoms with Gasteiger partial charge in [-0.25, -0.2) is 9.37 Å². The van der Waals surface area contributed by atoms with E-state index in [1.54, 1.807) is 23.5 Å². The average Bonchev–Trinajstić information content (AvgIpc) is 3.16. The fourth-order valence-electron chi connectivity index (χ4n) is 1.70. The number of aromatic nitrogens is 3. The van der Waals surface area contributed by atoms with E-state index in [-0.39, 0.29) is 5.82 Å². The predicted octanol–water partition coefficient (Wildman–Crippen LogP) is 4.47. The van der Waals surface area contributed by atoms with Crippen LogP contribution < -0.4 is 0 Å². The third-order valence-electron chi connectivity index (χ3n) is 2.75. The number of halogens is 1. The van der Waals surface area contributed by atoms with Crippen LogP contribution in [0, 0.1) is 5.82 Å². The van der Waals surface area contributed by atoms with Crippen LogP contribution in [0.3, 0.4) is 0 Å². The third kappa shape index (κ3) is 3.80. The highest BCUT2D eigenvalue weighted by molar-refractivity contribution is 7.98. The highest BCUT2D eigenvalue weighted by atomic mass is 32.2. The van der Waals surface area contributed by atoms with Crippen LogP contribution in [0.1, 0.15) is 16.3 Å². The molecule has 1 aromatic carbocycles. The number of aromatic amines is 1. The Balaban J connectivity index is 1.62. The van der Waals surface area contributed by atoms with Crippen molar-refractivity contribution in [3.8, 4) is 0 Å². The molecule has 0 spiro atoms. The number of hydrogen-bond acceptors (Lipinski definition) is 4. The molecule has 106 valence electrons. The summed E-state index contributed by atoms with van der Waals surface area (Å²) in [5.41, 5.74) is 0.656. The first-order valence-electron chi connectivity index (χ1n) is 6.31. The van der Waals surface area contributed by atoms with Gasteiger partial charge in [-0.3, -0.25) is 5.10 Å². The van der Waals surface area contributed by atoms with Crippen LogP contribution in [0.5, 0.6) is 0 Å². The van der Waals surface area contributed by atoms with Gasteiger partial charge >= 0.3 is 0 Å². The summed E-state index contributed by atoms with van der Waals surface area (Å²) in [7, 11) is 0. The Kier molecular flexibility index (Phi) is 4.47. The molecule has 2 aromatic heterocycles. The standard InChI is InChI=1S/C15H12FN3S2/c16-13-6-2-1-4-11(13)10-21-15-17-14(18-19-15)8-7-12-5-3-9-20-12/h1-9H,10H2,(H,17,18,19).